The molecule has 2 nitrogen and oxygen atoms in total. The van der Waals surface area contributed by atoms with Gasteiger partial charge in [-0.1, -0.05) is 35.9 Å². The Morgan fingerprint density at radius 2 is 1.50 bits per heavy atom. The van der Waals surface area contributed by atoms with E-state index in [1.807, 2.05) is 7.05 Å². The van der Waals surface area contributed by atoms with Crippen LogP contribution in [0.3, 0.4) is 0 Å². The summed E-state index contributed by atoms with van der Waals surface area (Å²) in [6, 6.07) is 13.1. The minimum absolute atomic E-state index is 0.145. The van der Waals surface area contributed by atoms with Gasteiger partial charge in [0.2, 0.25) is 0 Å². The van der Waals surface area contributed by atoms with Crippen LogP contribution in [0.2, 0.25) is 0 Å². The summed E-state index contributed by atoms with van der Waals surface area (Å²) in [7, 11) is 3.72. The van der Waals surface area contributed by atoms with Crippen molar-refractivity contribution in [2.45, 2.75) is 26.8 Å². The molecule has 0 aromatic heterocycles. The SMILES string of the molecule is CNC(c1ccc(C)cc1C)c1ccc(C)cc1OC. The van der Waals surface area contributed by atoms with Gasteiger partial charge < -0.3 is 10.1 Å². The minimum atomic E-state index is 0.145. The lowest BCUT2D eigenvalue weighted by atomic mass is 9.93. The molecule has 0 saturated heterocycles. The molecule has 2 heteroatoms. The van der Waals surface area contributed by atoms with Gasteiger partial charge in [0.1, 0.15) is 5.75 Å². The first kappa shape index (κ1) is 14.6. The van der Waals surface area contributed by atoms with Crippen molar-refractivity contribution in [3.63, 3.8) is 0 Å². The second kappa shape index (κ2) is 6.10. The Morgan fingerprint density at radius 1 is 0.900 bits per heavy atom. The molecule has 1 atom stereocenters. The topological polar surface area (TPSA) is 21.3 Å². The Morgan fingerprint density at radius 3 is 2.05 bits per heavy atom. The molecule has 0 radical (unpaired) electrons. The number of rotatable bonds is 4. The highest BCUT2D eigenvalue weighted by molar-refractivity contribution is 5.46. The lowest BCUT2D eigenvalue weighted by Crippen LogP contribution is -2.19. The molecule has 0 amide bonds. The van der Waals surface area contributed by atoms with Crippen molar-refractivity contribution in [1.29, 1.82) is 0 Å². The maximum absolute atomic E-state index is 5.55. The highest BCUT2D eigenvalue weighted by Gasteiger charge is 2.18. The van der Waals surface area contributed by atoms with Crippen molar-refractivity contribution < 1.29 is 4.74 Å². The molecule has 0 heterocycles. The largest absolute Gasteiger partial charge is 0.496 e. The molecule has 2 aromatic carbocycles. The van der Waals surface area contributed by atoms with E-state index in [-0.39, 0.29) is 6.04 Å². The second-order valence-corrected chi connectivity index (χ2v) is 5.33. The van der Waals surface area contributed by atoms with Crippen molar-refractivity contribution in [2.24, 2.45) is 0 Å². The Balaban J connectivity index is 2.52. The highest BCUT2D eigenvalue weighted by atomic mass is 16.5. The third kappa shape index (κ3) is 2.86. The second-order valence-electron chi connectivity index (χ2n) is 5.33. The predicted molar refractivity (Wildman–Crippen MR) is 84.5 cm³/mol. The minimum Gasteiger partial charge on any atom is -0.496 e. The lowest BCUT2D eigenvalue weighted by molar-refractivity contribution is 0.405. The van der Waals surface area contributed by atoms with Gasteiger partial charge in [-0.3, -0.25) is 0 Å². The lowest BCUT2D eigenvalue weighted by Gasteiger charge is -2.22. The average Bonchev–Trinajstić information content (AvgIpc) is 2.43. The number of benzene rings is 2. The van der Waals surface area contributed by atoms with Crippen molar-refractivity contribution >= 4 is 0 Å². The standard InChI is InChI=1S/C18H23NO/c1-12-6-8-15(14(3)10-12)18(19-4)16-9-7-13(2)11-17(16)20-5/h6-11,18-19H,1-5H3. The van der Waals surface area contributed by atoms with Crippen LogP contribution in [0.25, 0.3) is 0 Å². The monoisotopic (exact) mass is 269 g/mol. The summed E-state index contributed by atoms with van der Waals surface area (Å²) in [6.07, 6.45) is 0. The summed E-state index contributed by atoms with van der Waals surface area (Å²) in [6.45, 7) is 6.36. The van der Waals surface area contributed by atoms with E-state index in [2.05, 4.69) is 62.5 Å². The van der Waals surface area contributed by atoms with Gasteiger partial charge in [-0.25, -0.2) is 0 Å². The molecule has 1 N–H and O–H groups in total. The first-order chi connectivity index (χ1) is 9.56. The van der Waals surface area contributed by atoms with E-state index in [9.17, 15) is 0 Å². The Labute approximate surface area is 121 Å². The van der Waals surface area contributed by atoms with Crippen LogP contribution < -0.4 is 10.1 Å². The molecule has 1 unspecified atom stereocenters. The normalized spacial score (nSPS) is 12.2. The summed E-state index contributed by atoms with van der Waals surface area (Å²) in [5, 5.41) is 3.41. The Kier molecular flexibility index (Phi) is 4.46. The maximum Gasteiger partial charge on any atom is 0.124 e. The van der Waals surface area contributed by atoms with Crippen molar-refractivity contribution in [3.8, 4) is 5.75 Å². The molecule has 106 valence electrons. The van der Waals surface area contributed by atoms with Crippen LogP contribution in [0.4, 0.5) is 0 Å². The fourth-order valence-corrected chi connectivity index (χ4v) is 2.68. The third-order valence-electron chi connectivity index (χ3n) is 3.72. The van der Waals surface area contributed by atoms with Crippen molar-refractivity contribution in [2.75, 3.05) is 14.2 Å². The van der Waals surface area contributed by atoms with Gasteiger partial charge in [0.05, 0.1) is 13.2 Å². The van der Waals surface area contributed by atoms with Gasteiger partial charge in [0.15, 0.2) is 0 Å². The summed E-state index contributed by atoms with van der Waals surface area (Å²) in [5.41, 5.74) is 6.26. The van der Waals surface area contributed by atoms with Gasteiger partial charge in [-0.2, -0.15) is 0 Å². The van der Waals surface area contributed by atoms with Gasteiger partial charge in [0, 0.05) is 5.56 Å². The number of aryl methyl sites for hydroxylation is 3. The Bertz CT molecular complexity index is 604. The molecule has 0 aliphatic heterocycles. The van der Waals surface area contributed by atoms with Crippen LogP contribution in [0.1, 0.15) is 33.9 Å². The zero-order valence-electron chi connectivity index (χ0n) is 12.9. The zero-order chi connectivity index (χ0) is 14.7. The molecular formula is C18H23NO. The molecule has 0 fully saturated rings. The molecular weight excluding hydrogens is 246 g/mol. The molecule has 0 bridgehead atoms. The van der Waals surface area contributed by atoms with E-state index >= 15 is 0 Å². The molecule has 0 aliphatic carbocycles. The fraction of sp³-hybridized carbons (Fsp3) is 0.333. The van der Waals surface area contributed by atoms with Crippen LogP contribution in [0.15, 0.2) is 36.4 Å². The van der Waals surface area contributed by atoms with Crippen LogP contribution in [-0.4, -0.2) is 14.2 Å². The third-order valence-corrected chi connectivity index (χ3v) is 3.72. The zero-order valence-corrected chi connectivity index (χ0v) is 12.9. The van der Waals surface area contributed by atoms with Gasteiger partial charge in [-0.05, 0) is 50.6 Å². The summed E-state index contributed by atoms with van der Waals surface area (Å²) in [5.74, 6) is 0.935. The molecule has 0 saturated carbocycles. The fourth-order valence-electron chi connectivity index (χ4n) is 2.68. The van der Waals surface area contributed by atoms with E-state index in [1.54, 1.807) is 7.11 Å². The Hall–Kier alpha value is -1.80. The van der Waals surface area contributed by atoms with Crippen molar-refractivity contribution in [3.05, 3.63) is 64.2 Å². The van der Waals surface area contributed by atoms with Crippen LogP contribution in [0.5, 0.6) is 5.75 Å². The quantitative estimate of drug-likeness (QED) is 0.908. The van der Waals surface area contributed by atoms with E-state index < -0.39 is 0 Å². The number of methoxy groups -OCH3 is 1. The van der Waals surface area contributed by atoms with E-state index in [0.29, 0.717) is 0 Å². The number of nitrogens with one attached hydrogen (secondary N) is 1. The molecule has 0 spiro atoms. The summed E-state index contributed by atoms with van der Waals surface area (Å²) >= 11 is 0. The van der Waals surface area contributed by atoms with Crippen LogP contribution in [-0.2, 0) is 0 Å². The van der Waals surface area contributed by atoms with Crippen LogP contribution in [0, 0.1) is 20.8 Å². The van der Waals surface area contributed by atoms with Gasteiger partial charge in [0.25, 0.3) is 0 Å². The van der Waals surface area contributed by atoms with Crippen molar-refractivity contribution in [1.82, 2.24) is 5.32 Å². The number of hydrogen-bond donors (Lipinski definition) is 1. The highest BCUT2D eigenvalue weighted by Crippen LogP contribution is 2.32. The number of hydrogen-bond acceptors (Lipinski definition) is 2. The average molecular weight is 269 g/mol. The predicted octanol–water partition coefficient (Wildman–Crippen LogP) is 3.93. The van der Waals surface area contributed by atoms with Crippen LogP contribution >= 0.6 is 0 Å². The molecule has 0 aliphatic rings. The van der Waals surface area contributed by atoms with E-state index in [1.165, 1.54) is 27.8 Å². The molecule has 2 aromatic rings. The number of ether oxygens (including phenoxy) is 1. The first-order valence-electron chi connectivity index (χ1n) is 6.95. The first-order valence-corrected chi connectivity index (χ1v) is 6.95. The van der Waals surface area contributed by atoms with E-state index in [4.69, 9.17) is 4.74 Å². The van der Waals surface area contributed by atoms with E-state index in [0.717, 1.165) is 5.75 Å². The smallest absolute Gasteiger partial charge is 0.124 e. The summed E-state index contributed by atoms with van der Waals surface area (Å²) < 4.78 is 5.55. The van der Waals surface area contributed by atoms with Gasteiger partial charge >= 0.3 is 0 Å². The molecule has 2 rings (SSSR count). The molecule has 20 heavy (non-hydrogen) atoms. The maximum atomic E-state index is 5.55. The summed E-state index contributed by atoms with van der Waals surface area (Å²) in [4.78, 5) is 0. The van der Waals surface area contributed by atoms with Gasteiger partial charge in [-0.15, -0.1) is 0 Å².